The number of aromatic nitrogens is 1. The number of rotatable bonds is 12. The lowest BCUT2D eigenvalue weighted by molar-refractivity contribution is -0.158. The van der Waals surface area contributed by atoms with E-state index >= 15 is 0 Å². The first-order valence-corrected chi connectivity index (χ1v) is 21.6. The number of carbonyl (C=O) groups excluding carboxylic acids is 2. The first-order valence-electron chi connectivity index (χ1n) is 21.6. The van der Waals surface area contributed by atoms with Crippen LogP contribution in [-0.4, -0.2) is 110 Å². The largest absolute Gasteiger partial charge is 0.379 e. The van der Waals surface area contributed by atoms with Crippen LogP contribution in [0.15, 0.2) is 91.1 Å². The van der Waals surface area contributed by atoms with Crippen molar-refractivity contribution in [1.82, 2.24) is 25.4 Å². The Morgan fingerprint density at radius 2 is 1.60 bits per heavy atom. The Hall–Kier alpha value is -5.64. The average Bonchev–Trinajstić information content (AvgIpc) is 3.55. The maximum Gasteiger partial charge on any atom is 0.322 e. The van der Waals surface area contributed by atoms with Crippen molar-refractivity contribution in [2.75, 3.05) is 53.2 Å². The molecule has 8 rings (SSSR count). The minimum absolute atomic E-state index is 0.0162. The van der Waals surface area contributed by atoms with Crippen molar-refractivity contribution >= 4 is 34.8 Å². The number of benzene rings is 3. The van der Waals surface area contributed by atoms with E-state index in [2.05, 4.69) is 54.3 Å². The number of aliphatic hydroxyl groups is 4. The number of urea groups is 1. The van der Waals surface area contributed by atoms with Gasteiger partial charge in [0.05, 0.1) is 11.6 Å². The maximum atomic E-state index is 13.9. The Morgan fingerprint density at radius 1 is 0.839 bits per heavy atom. The molecule has 326 valence electrons. The van der Waals surface area contributed by atoms with Gasteiger partial charge in [-0.25, -0.2) is 14.7 Å². The van der Waals surface area contributed by atoms with Gasteiger partial charge in [-0.1, -0.05) is 42.5 Å². The summed E-state index contributed by atoms with van der Waals surface area (Å²) < 4.78 is 0. The zero-order chi connectivity index (χ0) is 43.2. The monoisotopic (exact) mass is 844 g/mol. The fourth-order valence-corrected chi connectivity index (χ4v) is 9.31. The number of piperazine rings is 1. The predicted molar refractivity (Wildman–Crippen MR) is 234 cm³/mol. The minimum atomic E-state index is -1.25. The molecule has 62 heavy (non-hydrogen) atoms. The molecule has 4 heterocycles. The van der Waals surface area contributed by atoms with Gasteiger partial charge in [0.1, 0.15) is 36.8 Å². The predicted octanol–water partition coefficient (Wildman–Crippen LogP) is 3.93. The van der Waals surface area contributed by atoms with Crippen molar-refractivity contribution in [1.29, 1.82) is 5.26 Å². The van der Waals surface area contributed by atoms with E-state index in [1.165, 1.54) is 4.90 Å². The zero-order valence-electron chi connectivity index (χ0n) is 34.7. The van der Waals surface area contributed by atoms with Gasteiger partial charge in [-0.05, 0) is 86.6 Å². The molecule has 0 unspecified atom stereocenters. The Bertz CT molecular complexity index is 2180. The molecule has 4 aromatic rings. The number of carbonyl (C=O) groups is 2. The molecule has 0 radical (unpaired) electrons. The molecule has 3 aliphatic heterocycles. The van der Waals surface area contributed by atoms with Crippen molar-refractivity contribution < 1.29 is 30.0 Å². The number of fused-ring (bicyclic) bond motifs is 1. The molecular formula is C46H56N10O6. The highest BCUT2D eigenvalue weighted by Gasteiger charge is 2.46. The number of amides is 3. The Kier molecular flexibility index (Phi) is 13.6. The van der Waals surface area contributed by atoms with E-state index in [1.807, 2.05) is 53.4 Å². The van der Waals surface area contributed by atoms with Crippen molar-refractivity contribution in [2.24, 2.45) is 0 Å². The molecule has 0 spiro atoms. The van der Waals surface area contributed by atoms with E-state index < -0.39 is 31.0 Å². The number of pyridine rings is 1. The SMILES string of the molecule is N#Cc1ccc(NC2CCC(N(C(=O)NCc3ccccc3)c3ccc(N4CCN(CCC(=O)Nc5cccc6c5[C@@H](O)N([C@@H]5CC[C@@H](O)N[C@@H]5O)[C@@H]6O)CC4)cc3)CC2)nc1. The third-order valence-electron chi connectivity index (χ3n) is 12.7. The summed E-state index contributed by atoms with van der Waals surface area (Å²) in [6.45, 7) is 4.08. The van der Waals surface area contributed by atoms with Crippen molar-refractivity contribution in [3.63, 3.8) is 0 Å². The van der Waals surface area contributed by atoms with Crippen molar-refractivity contribution in [3.8, 4) is 6.07 Å². The summed E-state index contributed by atoms with van der Waals surface area (Å²) in [5.74, 6) is 0.540. The highest BCUT2D eigenvalue weighted by Crippen LogP contribution is 2.45. The lowest BCUT2D eigenvalue weighted by Gasteiger charge is -2.40. The topological polar surface area (TPSA) is 213 Å². The van der Waals surface area contributed by atoms with Crippen LogP contribution in [0.5, 0.6) is 0 Å². The Balaban J connectivity index is 0.841. The molecule has 3 fully saturated rings. The van der Waals surface area contributed by atoms with Crippen LogP contribution in [0, 0.1) is 11.3 Å². The van der Waals surface area contributed by atoms with Crippen LogP contribution < -0.4 is 31.1 Å². The molecule has 8 N–H and O–H groups in total. The van der Waals surface area contributed by atoms with Gasteiger partial charge in [0.2, 0.25) is 5.91 Å². The van der Waals surface area contributed by atoms with Crippen LogP contribution in [0.2, 0.25) is 0 Å². The zero-order valence-corrected chi connectivity index (χ0v) is 34.7. The van der Waals surface area contributed by atoms with Gasteiger partial charge in [-0.2, -0.15) is 5.26 Å². The summed E-state index contributed by atoms with van der Waals surface area (Å²) in [6.07, 6.45) is 1.49. The third-order valence-corrected chi connectivity index (χ3v) is 12.7. The fourth-order valence-electron chi connectivity index (χ4n) is 9.31. The summed E-state index contributed by atoms with van der Waals surface area (Å²) >= 11 is 0. The minimum Gasteiger partial charge on any atom is -0.379 e. The first-order chi connectivity index (χ1) is 30.1. The van der Waals surface area contributed by atoms with Gasteiger partial charge in [0.25, 0.3) is 0 Å². The van der Waals surface area contributed by atoms with Crippen LogP contribution in [0.25, 0.3) is 0 Å². The van der Waals surface area contributed by atoms with E-state index in [0.29, 0.717) is 48.3 Å². The lowest BCUT2D eigenvalue weighted by Crippen LogP contribution is -2.57. The summed E-state index contributed by atoms with van der Waals surface area (Å²) in [5.41, 5.74) is 4.75. The summed E-state index contributed by atoms with van der Waals surface area (Å²) in [6, 6.07) is 28.4. The normalized spacial score (nSPS) is 25.3. The van der Waals surface area contributed by atoms with Gasteiger partial charge >= 0.3 is 6.03 Å². The second-order valence-corrected chi connectivity index (χ2v) is 16.6. The first kappa shape index (κ1) is 43.0. The molecule has 3 amide bonds. The highest BCUT2D eigenvalue weighted by atomic mass is 16.3. The van der Waals surface area contributed by atoms with E-state index in [0.717, 1.165) is 74.6 Å². The molecule has 16 heteroatoms. The Morgan fingerprint density at radius 3 is 2.29 bits per heavy atom. The number of aliphatic hydroxyl groups excluding tert-OH is 4. The van der Waals surface area contributed by atoms with E-state index in [4.69, 9.17) is 5.26 Å². The number of piperidine rings is 1. The number of nitrogens with one attached hydrogen (secondary N) is 4. The molecule has 5 atom stereocenters. The number of nitriles is 1. The standard InChI is InChI=1S/C46H56N10O6/c47-27-31-9-19-39(48-29-31)50-32-10-12-34(13-11-32)55(46(62)49-28-30-5-2-1-3-6-30)35-16-14-33(15-17-35)54-25-23-53(24-26-54)22-21-41(58)51-37-8-4-7-36-42(37)45(61)56(44(36)60)38-18-20-40(57)52-43(38)59/h1-9,14-17,19,29,32,34,38,40,43-45,52,57,59-61H,10-13,18,20-26,28H2,(H,48,50)(H,49,62)(H,51,58)/t32?,34?,38-,40-,43-,44-,45-/m1/s1. The second kappa shape index (κ2) is 19.6. The summed E-state index contributed by atoms with van der Waals surface area (Å²) in [5, 5.41) is 64.3. The third kappa shape index (κ3) is 9.85. The van der Waals surface area contributed by atoms with E-state index in [-0.39, 0.29) is 30.4 Å². The number of anilines is 4. The molecule has 0 bridgehead atoms. The number of hydrogen-bond acceptors (Lipinski definition) is 13. The smallest absolute Gasteiger partial charge is 0.322 e. The lowest BCUT2D eigenvalue weighted by atomic mass is 9.90. The molecule has 2 saturated heterocycles. The highest BCUT2D eigenvalue weighted by molar-refractivity contribution is 5.93. The van der Waals surface area contributed by atoms with Crippen LogP contribution >= 0.6 is 0 Å². The number of nitrogens with zero attached hydrogens (tertiary/aromatic N) is 6. The molecular weight excluding hydrogens is 789 g/mol. The average molecular weight is 845 g/mol. The summed E-state index contributed by atoms with van der Waals surface area (Å²) in [7, 11) is 0. The van der Waals surface area contributed by atoms with Gasteiger partial charge in [-0.15, -0.1) is 0 Å². The molecule has 1 aliphatic carbocycles. The van der Waals surface area contributed by atoms with Crippen LogP contribution in [0.1, 0.15) is 79.7 Å². The van der Waals surface area contributed by atoms with Crippen molar-refractivity contribution in [3.05, 3.63) is 113 Å². The molecule has 4 aliphatic rings. The van der Waals surface area contributed by atoms with Gasteiger partial charge < -0.3 is 41.3 Å². The maximum absolute atomic E-state index is 13.9. The van der Waals surface area contributed by atoms with Gasteiger partial charge in [0, 0.05) is 92.2 Å². The second-order valence-electron chi connectivity index (χ2n) is 16.6. The van der Waals surface area contributed by atoms with Crippen molar-refractivity contribution in [2.45, 2.75) is 94.5 Å². The van der Waals surface area contributed by atoms with Crippen LogP contribution in [0.4, 0.5) is 27.7 Å². The van der Waals surface area contributed by atoms with E-state index in [1.54, 1.807) is 30.5 Å². The Labute approximate surface area is 361 Å². The molecule has 1 saturated carbocycles. The van der Waals surface area contributed by atoms with Gasteiger partial charge in [-0.3, -0.25) is 19.9 Å². The molecule has 3 aromatic carbocycles. The fraction of sp³-hybridized carbons (Fsp3) is 0.435. The quantitative estimate of drug-likeness (QED) is 0.102. The van der Waals surface area contributed by atoms with Crippen LogP contribution in [0.3, 0.4) is 0 Å². The molecule has 1 aromatic heterocycles. The summed E-state index contributed by atoms with van der Waals surface area (Å²) in [4.78, 5) is 39.5. The van der Waals surface area contributed by atoms with Crippen LogP contribution in [-0.2, 0) is 11.3 Å². The molecule has 16 nitrogen and oxygen atoms in total. The van der Waals surface area contributed by atoms with E-state index in [9.17, 15) is 30.0 Å². The van der Waals surface area contributed by atoms with Gasteiger partial charge in [0.15, 0.2) is 0 Å². The number of hydrogen-bond donors (Lipinski definition) is 8.